The van der Waals surface area contributed by atoms with Gasteiger partial charge in [0.05, 0.1) is 5.56 Å². The van der Waals surface area contributed by atoms with Gasteiger partial charge in [-0.15, -0.1) is 10.2 Å². The van der Waals surface area contributed by atoms with Gasteiger partial charge in [-0.2, -0.15) is 0 Å². The van der Waals surface area contributed by atoms with Gasteiger partial charge in [0.15, 0.2) is 0 Å². The third-order valence-corrected chi connectivity index (χ3v) is 5.91. The smallest absolute Gasteiger partial charge is 0.314 e. The summed E-state index contributed by atoms with van der Waals surface area (Å²) in [5.41, 5.74) is 1.59. The van der Waals surface area contributed by atoms with E-state index in [9.17, 15) is 9.18 Å². The molecule has 2 N–H and O–H groups in total. The van der Waals surface area contributed by atoms with Gasteiger partial charge in [-0.3, -0.25) is 0 Å². The first-order valence-corrected chi connectivity index (χ1v) is 10.7. The summed E-state index contributed by atoms with van der Waals surface area (Å²) < 4.78 is 19.8. The third-order valence-electron chi connectivity index (χ3n) is 5.91. The molecule has 2 amide bonds. The quantitative estimate of drug-likeness (QED) is 0.650. The summed E-state index contributed by atoms with van der Waals surface area (Å²) in [5, 5.41) is 14.0. The molecule has 0 saturated carbocycles. The summed E-state index contributed by atoms with van der Waals surface area (Å²) in [4.78, 5) is 11.8. The van der Waals surface area contributed by atoms with E-state index in [0.717, 1.165) is 6.42 Å². The molecular formula is C23H31FN4O2. The normalized spacial score (nSPS) is 21.4. The molecule has 1 aliphatic rings. The summed E-state index contributed by atoms with van der Waals surface area (Å²) in [6.07, 6.45) is 3.89. The van der Waals surface area contributed by atoms with E-state index in [-0.39, 0.29) is 23.7 Å². The van der Waals surface area contributed by atoms with Crippen molar-refractivity contribution >= 4 is 6.03 Å². The number of nitrogens with zero attached hydrogens (tertiary/aromatic N) is 2. The van der Waals surface area contributed by atoms with Crippen LogP contribution in [0.3, 0.4) is 0 Å². The van der Waals surface area contributed by atoms with Gasteiger partial charge in [-0.1, -0.05) is 37.6 Å². The van der Waals surface area contributed by atoms with E-state index in [2.05, 4.69) is 47.7 Å². The van der Waals surface area contributed by atoms with Gasteiger partial charge >= 0.3 is 6.03 Å². The largest absolute Gasteiger partial charge is 0.421 e. The van der Waals surface area contributed by atoms with E-state index in [1.165, 1.54) is 11.6 Å². The van der Waals surface area contributed by atoms with Crippen molar-refractivity contribution in [1.82, 2.24) is 20.8 Å². The van der Waals surface area contributed by atoms with Gasteiger partial charge in [0.2, 0.25) is 5.89 Å². The highest BCUT2D eigenvalue weighted by Gasteiger charge is 2.32. The molecule has 0 radical (unpaired) electrons. The second-order valence-corrected chi connectivity index (χ2v) is 8.34. The van der Waals surface area contributed by atoms with Crippen molar-refractivity contribution in [3.63, 3.8) is 0 Å². The van der Waals surface area contributed by atoms with Crippen LogP contribution in [0.4, 0.5) is 9.18 Å². The van der Waals surface area contributed by atoms with Crippen LogP contribution in [-0.2, 0) is 6.42 Å². The van der Waals surface area contributed by atoms with Crippen LogP contribution in [0.25, 0.3) is 11.5 Å². The molecule has 0 spiro atoms. The number of amides is 2. The molecule has 0 saturated heterocycles. The predicted molar refractivity (Wildman–Crippen MR) is 114 cm³/mol. The molecule has 1 aromatic carbocycles. The number of benzene rings is 1. The van der Waals surface area contributed by atoms with Gasteiger partial charge in [-0.05, 0) is 56.1 Å². The zero-order valence-electron chi connectivity index (χ0n) is 18.1. The Hall–Kier alpha value is -2.70. The molecule has 30 heavy (non-hydrogen) atoms. The number of nitrogens with one attached hydrogen (secondary N) is 2. The Labute approximate surface area is 177 Å². The highest BCUT2D eigenvalue weighted by Crippen LogP contribution is 2.38. The summed E-state index contributed by atoms with van der Waals surface area (Å²) in [6, 6.07) is 6.28. The molecule has 1 aliphatic carbocycles. The van der Waals surface area contributed by atoms with Crippen LogP contribution in [0.15, 0.2) is 40.3 Å². The van der Waals surface area contributed by atoms with Gasteiger partial charge in [0.1, 0.15) is 5.82 Å². The lowest BCUT2D eigenvalue weighted by atomic mass is 9.70. The van der Waals surface area contributed by atoms with Crippen molar-refractivity contribution in [1.29, 1.82) is 0 Å². The third kappa shape index (κ3) is 5.26. The molecule has 0 aliphatic heterocycles. The number of aromatic nitrogens is 2. The number of carbonyl (C=O) groups is 1. The molecule has 2 aromatic rings. The van der Waals surface area contributed by atoms with E-state index in [1.54, 1.807) is 18.2 Å². The SMILES string of the molecule is CCNC(=O)NC[C@H]1C=C(C)[C@H](Cc2nnc(-c3ccccc3F)o2)C[C@H]1C(C)C. The van der Waals surface area contributed by atoms with Crippen LogP contribution in [0.2, 0.25) is 0 Å². The summed E-state index contributed by atoms with van der Waals surface area (Å²) in [6.45, 7) is 9.70. The van der Waals surface area contributed by atoms with Crippen molar-refractivity contribution in [2.24, 2.45) is 23.7 Å². The molecule has 7 heteroatoms. The maximum atomic E-state index is 14.0. The van der Waals surface area contributed by atoms with Gasteiger partial charge in [0, 0.05) is 19.5 Å². The van der Waals surface area contributed by atoms with Crippen LogP contribution in [0.5, 0.6) is 0 Å². The number of carbonyl (C=O) groups excluding carboxylic acids is 1. The Morgan fingerprint density at radius 1 is 1.27 bits per heavy atom. The molecule has 1 aromatic heterocycles. The van der Waals surface area contributed by atoms with Crippen molar-refractivity contribution < 1.29 is 13.6 Å². The van der Waals surface area contributed by atoms with E-state index in [4.69, 9.17) is 4.42 Å². The van der Waals surface area contributed by atoms with Gasteiger partial charge in [0.25, 0.3) is 5.89 Å². The highest BCUT2D eigenvalue weighted by molar-refractivity contribution is 5.73. The predicted octanol–water partition coefficient (Wildman–Crippen LogP) is 4.59. The second-order valence-electron chi connectivity index (χ2n) is 8.34. The molecule has 3 atom stereocenters. The number of hydrogen-bond donors (Lipinski definition) is 2. The molecule has 3 rings (SSSR count). The molecular weight excluding hydrogens is 383 g/mol. The zero-order chi connectivity index (χ0) is 21.7. The minimum absolute atomic E-state index is 0.125. The average Bonchev–Trinajstić information content (AvgIpc) is 3.16. The Balaban J connectivity index is 1.70. The fraction of sp³-hybridized carbons (Fsp3) is 0.522. The van der Waals surface area contributed by atoms with Gasteiger partial charge in [-0.25, -0.2) is 9.18 Å². The number of urea groups is 1. The van der Waals surface area contributed by atoms with Crippen molar-refractivity contribution in [2.75, 3.05) is 13.1 Å². The fourth-order valence-corrected chi connectivity index (χ4v) is 4.23. The maximum absolute atomic E-state index is 14.0. The number of halogens is 1. The minimum atomic E-state index is -0.372. The van der Waals surface area contributed by atoms with E-state index in [1.807, 2.05) is 6.92 Å². The van der Waals surface area contributed by atoms with Crippen LogP contribution < -0.4 is 10.6 Å². The molecule has 162 valence electrons. The van der Waals surface area contributed by atoms with Gasteiger partial charge < -0.3 is 15.1 Å². The first-order valence-electron chi connectivity index (χ1n) is 10.7. The summed E-state index contributed by atoms with van der Waals surface area (Å²) in [7, 11) is 0. The Morgan fingerprint density at radius 3 is 2.73 bits per heavy atom. The van der Waals surface area contributed by atoms with Crippen molar-refractivity contribution in [3.8, 4) is 11.5 Å². The molecule has 6 nitrogen and oxygen atoms in total. The first-order chi connectivity index (χ1) is 14.4. The number of hydrogen-bond acceptors (Lipinski definition) is 4. The lowest BCUT2D eigenvalue weighted by Gasteiger charge is -2.37. The molecule has 0 bridgehead atoms. The maximum Gasteiger partial charge on any atom is 0.314 e. The Morgan fingerprint density at radius 2 is 2.03 bits per heavy atom. The monoisotopic (exact) mass is 414 g/mol. The van der Waals surface area contributed by atoms with Crippen LogP contribution in [0.1, 0.15) is 40.0 Å². The van der Waals surface area contributed by atoms with E-state index in [0.29, 0.717) is 48.7 Å². The van der Waals surface area contributed by atoms with E-state index < -0.39 is 0 Å². The summed E-state index contributed by atoms with van der Waals surface area (Å²) >= 11 is 0. The first kappa shape index (κ1) is 22.0. The zero-order valence-corrected chi connectivity index (χ0v) is 18.1. The molecule has 0 fully saturated rings. The molecule has 1 heterocycles. The minimum Gasteiger partial charge on any atom is -0.421 e. The average molecular weight is 415 g/mol. The lowest BCUT2D eigenvalue weighted by Crippen LogP contribution is -2.41. The highest BCUT2D eigenvalue weighted by atomic mass is 19.1. The molecule has 0 unspecified atom stereocenters. The summed E-state index contributed by atoms with van der Waals surface area (Å²) in [5.74, 6) is 1.86. The Bertz CT molecular complexity index is 893. The number of allylic oxidation sites excluding steroid dienone is 1. The van der Waals surface area contributed by atoms with Crippen LogP contribution >= 0.6 is 0 Å². The number of rotatable bonds is 7. The standard InChI is InChI=1S/C23H31FN4O2/c1-5-25-23(29)26-13-17-10-15(4)16(11-19(17)14(2)3)12-21-27-28-22(30-21)18-8-6-7-9-20(18)24/h6-10,14,16-17,19H,5,11-13H2,1-4H3,(H2,25,26,29)/t16-,17+,19-/m0/s1. The van der Waals surface area contributed by atoms with E-state index >= 15 is 0 Å². The fourth-order valence-electron chi connectivity index (χ4n) is 4.23. The van der Waals surface area contributed by atoms with Crippen LogP contribution in [0, 0.1) is 29.5 Å². The van der Waals surface area contributed by atoms with Crippen molar-refractivity contribution in [2.45, 2.75) is 40.5 Å². The Kier molecular flexibility index (Phi) is 7.24. The topological polar surface area (TPSA) is 80.0 Å². The van der Waals surface area contributed by atoms with Crippen LogP contribution in [-0.4, -0.2) is 29.3 Å². The lowest BCUT2D eigenvalue weighted by molar-refractivity contribution is 0.211. The van der Waals surface area contributed by atoms with Crippen molar-refractivity contribution in [3.05, 3.63) is 47.6 Å². The second kappa shape index (κ2) is 9.87.